The van der Waals surface area contributed by atoms with Crippen molar-refractivity contribution in [2.45, 2.75) is 91.1 Å². The number of imide groups is 1. The van der Waals surface area contributed by atoms with E-state index in [0.29, 0.717) is 35.9 Å². The Hall–Kier alpha value is -2.28. The molecule has 0 spiro atoms. The average Bonchev–Trinajstić information content (AvgIpc) is 3.07. The molecule has 3 amide bonds. The van der Waals surface area contributed by atoms with E-state index in [9.17, 15) is 14.4 Å². The molecule has 2 aliphatic heterocycles. The van der Waals surface area contributed by atoms with Gasteiger partial charge >= 0.3 is 0 Å². The molecular weight excluding hydrogens is 421 g/mol. The van der Waals surface area contributed by atoms with E-state index >= 15 is 4.39 Å². The Kier molecular flexibility index (Phi) is 6.89. The summed E-state index contributed by atoms with van der Waals surface area (Å²) in [7, 11) is 0. The van der Waals surface area contributed by atoms with Crippen LogP contribution in [0.5, 0.6) is 0 Å². The van der Waals surface area contributed by atoms with Crippen molar-refractivity contribution in [3.05, 3.63) is 34.6 Å². The van der Waals surface area contributed by atoms with E-state index in [0.717, 1.165) is 42.2 Å². The summed E-state index contributed by atoms with van der Waals surface area (Å²) in [5.74, 6) is -1.26. The summed E-state index contributed by atoms with van der Waals surface area (Å²) in [6, 6.07) is 3.76. The highest BCUT2D eigenvalue weighted by molar-refractivity contribution is 6.04. The van der Waals surface area contributed by atoms with E-state index < -0.39 is 5.91 Å². The first kappa shape index (κ1) is 23.9. The maximum atomic E-state index is 15.6. The van der Waals surface area contributed by atoms with Crippen LogP contribution >= 0.6 is 0 Å². The van der Waals surface area contributed by atoms with Crippen LogP contribution in [0.15, 0.2) is 12.1 Å². The molecule has 0 unspecified atom stereocenters. The molecule has 1 aromatic carbocycles. The van der Waals surface area contributed by atoms with Crippen LogP contribution < -0.4 is 5.32 Å². The number of fused-ring (bicyclic) bond motifs is 1. The van der Waals surface area contributed by atoms with Gasteiger partial charge in [-0.1, -0.05) is 39.7 Å². The van der Waals surface area contributed by atoms with E-state index in [1.54, 1.807) is 12.1 Å². The van der Waals surface area contributed by atoms with Gasteiger partial charge in [0, 0.05) is 30.0 Å². The summed E-state index contributed by atoms with van der Waals surface area (Å²) in [5.41, 5.74) is 1.45. The molecule has 2 heterocycles. The Balaban J connectivity index is 1.48. The number of hydrogen-bond acceptors (Lipinski definition) is 4. The Morgan fingerprint density at radius 1 is 1.03 bits per heavy atom. The van der Waals surface area contributed by atoms with Crippen molar-refractivity contribution in [2.75, 3.05) is 6.54 Å². The number of nitrogens with one attached hydrogen (secondary N) is 1. The molecule has 4 rings (SSSR count). The van der Waals surface area contributed by atoms with E-state index in [1.165, 1.54) is 6.42 Å². The van der Waals surface area contributed by atoms with Crippen molar-refractivity contribution < 1.29 is 18.8 Å². The highest BCUT2D eigenvalue weighted by atomic mass is 19.1. The number of rotatable bonds is 6. The number of nitrogens with zero attached hydrogens (tertiary/aromatic N) is 2. The van der Waals surface area contributed by atoms with Crippen LogP contribution in [0.25, 0.3) is 0 Å². The number of carbonyl (C=O) groups excluding carboxylic acids is 3. The van der Waals surface area contributed by atoms with Crippen molar-refractivity contribution in [3.63, 3.8) is 0 Å². The Morgan fingerprint density at radius 3 is 2.42 bits per heavy atom. The largest absolute Gasteiger partial charge is 0.314 e. The maximum Gasteiger partial charge on any atom is 0.273 e. The zero-order valence-corrected chi connectivity index (χ0v) is 20.1. The minimum Gasteiger partial charge on any atom is -0.314 e. The van der Waals surface area contributed by atoms with E-state index in [2.05, 4.69) is 26.1 Å². The molecule has 0 aromatic heterocycles. The van der Waals surface area contributed by atoms with Gasteiger partial charge in [0.05, 0.1) is 6.54 Å². The molecule has 3 aliphatic rings. The van der Waals surface area contributed by atoms with Crippen molar-refractivity contribution in [3.8, 4) is 0 Å². The van der Waals surface area contributed by atoms with Gasteiger partial charge in [-0.3, -0.25) is 14.4 Å². The lowest BCUT2D eigenvalue weighted by atomic mass is 9.80. The molecule has 2 fully saturated rings. The first-order chi connectivity index (χ1) is 15.7. The Morgan fingerprint density at radius 2 is 1.73 bits per heavy atom. The van der Waals surface area contributed by atoms with Crippen LogP contribution in [0.4, 0.5) is 4.39 Å². The van der Waals surface area contributed by atoms with Gasteiger partial charge < -0.3 is 5.32 Å². The first-order valence-electron chi connectivity index (χ1n) is 12.4. The van der Waals surface area contributed by atoms with Crippen LogP contribution in [-0.4, -0.2) is 40.3 Å². The third-order valence-electron chi connectivity index (χ3n) is 7.26. The Labute approximate surface area is 195 Å². The highest BCUT2D eigenvalue weighted by Gasteiger charge is 2.41. The van der Waals surface area contributed by atoms with Crippen LogP contribution in [0, 0.1) is 17.2 Å². The normalized spacial score (nSPS) is 23.9. The van der Waals surface area contributed by atoms with Gasteiger partial charge in [-0.05, 0) is 61.6 Å². The standard InChI is InChI=1S/C26H36FN3O3/c1-26(2,3)13-14-28-21-8-5-4-7-17(21)15-18-11-12-19-20(24(18)27)16-29(25(19)33)30-22(31)9-6-10-23(30)32/h11-12,17,21,28H,4-10,13-16H2,1-3H3/t17-,21+/m1/s1. The van der Waals surface area contributed by atoms with E-state index in [4.69, 9.17) is 0 Å². The summed E-state index contributed by atoms with van der Waals surface area (Å²) in [6.07, 6.45) is 7.18. The zero-order chi connectivity index (χ0) is 23.8. The molecule has 33 heavy (non-hydrogen) atoms. The number of carbonyl (C=O) groups is 3. The molecule has 7 heteroatoms. The predicted molar refractivity (Wildman–Crippen MR) is 124 cm³/mol. The lowest BCUT2D eigenvalue weighted by molar-refractivity contribution is -0.163. The summed E-state index contributed by atoms with van der Waals surface area (Å²) in [5, 5.41) is 5.78. The van der Waals surface area contributed by atoms with Gasteiger partial charge in [-0.2, -0.15) is 5.01 Å². The minimum atomic E-state index is -0.474. The molecule has 1 N–H and O–H groups in total. The highest BCUT2D eigenvalue weighted by Crippen LogP contribution is 2.34. The number of halogens is 1. The number of hydrogen-bond donors (Lipinski definition) is 1. The second-order valence-electron chi connectivity index (χ2n) is 11.0. The fraction of sp³-hybridized carbons (Fsp3) is 0.654. The van der Waals surface area contributed by atoms with Crippen LogP contribution in [0.2, 0.25) is 0 Å². The number of hydrazine groups is 1. The van der Waals surface area contributed by atoms with Crippen molar-refractivity contribution in [1.82, 2.24) is 15.3 Å². The number of piperidine rings is 1. The fourth-order valence-corrected chi connectivity index (χ4v) is 5.35. The quantitative estimate of drug-likeness (QED) is 0.645. The molecule has 1 aliphatic carbocycles. The lowest BCUT2D eigenvalue weighted by Gasteiger charge is -2.33. The molecule has 0 radical (unpaired) electrons. The van der Waals surface area contributed by atoms with Crippen LogP contribution in [0.1, 0.15) is 93.6 Å². The summed E-state index contributed by atoms with van der Waals surface area (Å²) in [4.78, 5) is 37.5. The fourth-order valence-electron chi connectivity index (χ4n) is 5.35. The Bertz CT molecular complexity index is 923. The van der Waals surface area contributed by atoms with Gasteiger partial charge in [0.2, 0.25) is 11.8 Å². The van der Waals surface area contributed by atoms with Gasteiger partial charge in [-0.15, -0.1) is 0 Å². The minimum absolute atomic E-state index is 0.0662. The zero-order valence-electron chi connectivity index (χ0n) is 20.1. The van der Waals surface area contributed by atoms with Crippen molar-refractivity contribution in [1.29, 1.82) is 0 Å². The predicted octanol–water partition coefficient (Wildman–Crippen LogP) is 4.36. The summed E-state index contributed by atoms with van der Waals surface area (Å²) >= 11 is 0. The second-order valence-corrected chi connectivity index (χ2v) is 11.0. The third-order valence-corrected chi connectivity index (χ3v) is 7.26. The number of benzene rings is 1. The second kappa shape index (κ2) is 9.53. The SMILES string of the molecule is CC(C)(C)CCN[C@H]1CCCC[C@@H]1Cc1ccc2c(c1F)CN(N1C(=O)CCCC1=O)C2=O. The van der Waals surface area contributed by atoms with Crippen LogP contribution in [0.3, 0.4) is 0 Å². The van der Waals surface area contributed by atoms with E-state index in [-0.39, 0.29) is 48.0 Å². The molecule has 1 aromatic rings. The van der Waals surface area contributed by atoms with Gasteiger partial charge in [0.25, 0.3) is 5.91 Å². The molecule has 0 bridgehead atoms. The number of amides is 3. The molecular formula is C26H36FN3O3. The molecule has 1 saturated heterocycles. The van der Waals surface area contributed by atoms with Gasteiger partial charge in [-0.25, -0.2) is 9.40 Å². The summed E-state index contributed by atoms with van der Waals surface area (Å²) < 4.78 is 15.6. The third kappa shape index (κ3) is 5.13. The lowest BCUT2D eigenvalue weighted by Crippen LogP contribution is -2.52. The first-order valence-corrected chi connectivity index (χ1v) is 12.4. The smallest absolute Gasteiger partial charge is 0.273 e. The maximum absolute atomic E-state index is 15.6. The molecule has 2 atom stereocenters. The van der Waals surface area contributed by atoms with Crippen LogP contribution in [-0.2, 0) is 22.6 Å². The summed E-state index contributed by atoms with van der Waals surface area (Å²) in [6.45, 7) is 7.61. The van der Waals surface area contributed by atoms with Crippen molar-refractivity contribution in [2.24, 2.45) is 11.3 Å². The van der Waals surface area contributed by atoms with Crippen molar-refractivity contribution >= 4 is 17.7 Å². The van der Waals surface area contributed by atoms with E-state index in [1.807, 2.05) is 0 Å². The molecule has 6 nitrogen and oxygen atoms in total. The molecule has 1 saturated carbocycles. The molecule has 180 valence electrons. The van der Waals surface area contributed by atoms with Gasteiger partial charge in [0.1, 0.15) is 5.82 Å². The average molecular weight is 458 g/mol. The topological polar surface area (TPSA) is 69.7 Å². The monoisotopic (exact) mass is 457 g/mol. The van der Waals surface area contributed by atoms with Gasteiger partial charge in [0.15, 0.2) is 0 Å².